The highest BCUT2D eigenvalue weighted by Crippen LogP contribution is 2.18. The molecular formula is C20H31IN4S2. The van der Waals surface area contributed by atoms with Crippen LogP contribution in [0.5, 0.6) is 0 Å². The van der Waals surface area contributed by atoms with Gasteiger partial charge in [0.05, 0.1) is 0 Å². The Labute approximate surface area is 188 Å². The molecule has 3 heterocycles. The lowest BCUT2D eigenvalue weighted by Gasteiger charge is -2.33. The quantitative estimate of drug-likeness (QED) is 0.316. The van der Waals surface area contributed by atoms with Crippen molar-refractivity contribution in [3.8, 4) is 0 Å². The Bertz CT molecular complexity index is 650. The van der Waals surface area contributed by atoms with Crippen LogP contribution in [-0.4, -0.2) is 43.1 Å². The molecule has 150 valence electrons. The first-order valence-corrected chi connectivity index (χ1v) is 11.4. The van der Waals surface area contributed by atoms with Crippen molar-refractivity contribution in [2.45, 2.75) is 45.2 Å². The van der Waals surface area contributed by atoms with E-state index in [1.165, 1.54) is 24.0 Å². The Morgan fingerprint density at radius 1 is 1.22 bits per heavy atom. The van der Waals surface area contributed by atoms with Gasteiger partial charge >= 0.3 is 0 Å². The van der Waals surface area contributed by atoms with Gasteiger partial charge in [-0.2, -0.15) is 22.7 Å². The zero-order valence-corrected chi connectivity index (χ0v) is 20.2. The SMILES string of the molecule is CCNC(=NCC(C)c1ccsc1)NC1CCN(Cc2ccsc2)CC1.I. The topological polar surface area (TPSA) is 39.7 Å². The maximum absolute atomic E-state index is 4.83. The van der Waals surface area contributed by atoms with E-state index in [4.69, 9.17) is 4.99 Å². The van der Waals surface area contributed by atoms with Gasteiger partial charge in [-0.25, -0.2) is 0 Å². The Hall–Kier alpha value is -0.640. The minimum absolute atomic E-state index is 0. The molecule has 1 unspecified atom stereocenters. The highest BCUT2D eigenvalue weighted by Gasteiger charge is 2.20. The summed E-state index contributed by atoms with van der Waals surface area (Å²) in [5.41, 5.74) is 2.83. The second kappa shape index (κ2) is 12.0. The highest BCUT2D eigenvalue weighted by molar-refractivity contribution is 14.0. The Morgan fingerprint density at radius 3 is 2.59 bits per heavy atom. The molecule has 7 heteroatoms. The first kappa shape index (κ1) is 22.6. The van der Waals surface area contributed by atoms with Crippen LogP contribution in [0.2, 0.25) is 0 Å². The van der Waals surface area contributed by atoms with E-state index in [0.717, 1.165) is 38.7 Å². The van der Waals surface area contributed by atoms with Crippen LogP contribution >= 0.6 is 46.7 Å². The molecule has 0 spiro atoms. The maximum atomic E-state index is 4.83. The Morgan fingerprint density at radius 2 is 1.96 bits per heavy atom. The van der Waals surface area contributed by atoms with Gasteiger partial charge < -0.3 is 10.6 Å². The minimum atomic E-state index is 0. The summed E-state index contributed by atoms with van der Waals surface area (Å²) >= 11 is 3.55. The third-order valence-corrected chi connectivity index (χ3v) is 6.33. The molecule has 2 N–H and O–H groups in total. The van der Waals surface area contributed by atoms with Crippen molar-refractivity contribution < 1.29 is 0 Å². The molecule has 0 radical (unpaired) electrons. The zero-order chi connectivity index (χ0) is 18.2. The predicted molar refractivity (Wildman–Crippen MR) is 130 cm³/mol. The molecule has 1 saturated heterocycles. The predicted octanol–water partition coefficient (Wildman–Crippen LogP) is 4.75. The molecule has 2 aromatic rings. The van der Waals surface area contributed by atoms with Gasteiger partial charge in [-0.05, 0) is 64.5 Å². The van der Waals surface area contributed by atoms with Gasteiger partial charge in [0.1, 0.15) is 0 Å². The molecule has 0 saturated carbocycles. The lowest BCUT2D eigenvalue weighted by atomic mass is 10.0. The molecule has 0 amide bonds. The number of hydrogen-bond donors (Lipinski definition) is 2. The fraction of sp³-hybridized carbons (Fsp3) is 0.550. The summed E-state index contributed by atoms with van der Waals surface area (Å²) in [6, 6.07) is 4.96. The van der Waals surface area contributed by atoms with E-state index >= 15 is 0 Å². The van der Waals surface area contributed by atoms with Crippen molar-refractivity contribution in [3.05, 3.63) is 44.8 Å². The van der Waals surface area contributed by atoms with Crippen molar-refractivity contribution in [1.29, 1.82) is 0 Å². The summed E-state index contributed by atoms with van der Waals surface area (Å²) in [4.78, 5) is 7.39. The number of aliphatic imine (C=N–C) groups is 1. The van der Waals surface area contributed by atoms with Crippen LogP contribution in [-0.2, 0) is 6.54 Å². The number of rotatable bonds is 7. The van der Waals surface area contributed by atoms with Gasteiger partial charge in [0.15, 0.2) is 5.96 Å². The van der Waals surface area contributed by atoms with Crippen LogP contribution in [0.1, 0.15) is 43.7 Å². The molecule has 1 fully saturated rings. The van der Waals surface area contributed by atoms with Gasteiger partial charge in [0, 0.05) is 44.7 Å². The molecule has 0 bridgehead atoms. The molecular weight excluding hydrogens is 487 g/mol. The van der Waals surface area contributed by atoms with Crippen LogP contribution in [0.25, 0.3) is 0 Å². The molecule has 1 atom stereocenters. The fourth-order valence-corrected chi connectivity index (χ4v) is 4.72. The highest BCUT2D eigenvalue weighted by atomic mass is 127. The monoisotopic (exact) mass is 518 g/mol. The standard InChI is InChI=1S/C20H30N4S2.HI/c1-3-21-20(22-12-16(2)18-7-11-26-15-18)23-19-4-8-24(9-5-19)13-17-6-10-25-14-17;/h6-7,10-11,14-16,19H,3-5,8-9,12-13H2,1-2H3,(H2,21,22,23);1H. The average Bonchev–Trinajstić information content (AvgIpc) is 3.35. The number of guanidine groups is 1. The van der Waals surface area contributed by atoms with E-state index in [0.29, 0.717) is 12.0 Å². The molecule has 0 aliphatic carbocycles. The van der Waals surface area contributed by atoms with E-state index in [2.05, 4.69) is 63.0 Å². The minimum Gasteiger partial charge on any atom is -0.357 e. The molecule has 4 nitrogen and oxygen atoms in total. The van der Waals surface area contributed by atoms with Crippen LogP contribution < -0.4 is 10.6 Å². The molecule has 1 aliphatic heterocycles. The average molecular weight is 519 g/mol. The van der Waals surface area contributed by atoms with Crippen molar-refractivity contribution in [1.82, 2.24) is 15.5 Å². The third-order valence-electron chi connectivity index (χ3n) is 4.89. The molecule has 2 aromatic heterocycles. The van der Waals surface area contributed by atoms with Crippen LogP contribution in [0, 0.1) is 0 Å². The number of halogens is 1. The smallest absolute Gasteiger partial charge is 0.191 e. The van der Waals surface area contributed by atoms with Gasteiger partial charge in [-0.1, -0.05) is 6.92 Å². The second-order valence-corrected chi connectivity index (χ2v) is 8.56. The summed E-state index contributed by atoms with van der Waals surface area (Å²) in [6.45, 7) is 9.48. The second-order valence-electron chi connectivity index (χ2n) is 7.00. The van der Waals surface area contributed by atoms with Crippen molar-refractivity contribution in [3.63, 3.8) is 0 Å². The number of hydrogen-bond acceptors (Lipinski definition) is 4. The molecule has 3 rings (SSSR count). The number of nitrogens with zero attached hydrogens (tertiary/aromatic N) is 2. The fourth-order valence-electron chi connectivity index (χ4n) is 3.28. The summed E-state index contributed by atoms with van der Waals surface area (Å²) in [5.74, 6) is 1.43. The molecule has 27 heavy (non-hydrogen) atoms. The first-order valence-electron chi connectivity index (χ1n) is 9.55. The van der Waals surface area contributed by atoms with Crippen LogP contribution in [0.15, 0.2) is 38.6 Å². The summed E-state index contributed by atoms with van der Waals surface area (Å²) in [7, 11) is 0. The summed E-state index contributed by atoms with van der Waals surface area (Å²) < 4.78 is 0. The van der Waals surface area contributed by atoms with Crippen molar-refractivity contribution >= 4 is 52.6 Å². The summed E-state index contributed by atoms with van der Waals surface area (Å²) in [6.07, 6.45) is 2.35. The van der Waals surface area contributed by atoms with E-state index in [1.807, 2.05) is 0 Å². The lowest BCUT2D eigenvalue weighted by Crippen LogP contribution is -2.48. The maximum Gasteiger partial charge on any atom is 0.191 e. The van der Waals surface area contributed by atoms with E-state index < -0.39 is 0 Å². The van der Waals surface area contributed by atoms with E-state index in [-0.39, 0.29) is 24.0 Å². The van der Waals surface area contributed by atoms with Gasteiger partial charge in [-0.3, -0.25) is 9.89 Å². The van der Waals surface area contributed by atoms with E-state index in [1.54, 1.807) is 22.7 Å². The van der Waals surface area contributed by atoms with Crippen LogP contribution in [0.4, 0.5) is 0 Å². The van der Waals surface area contributed by atoms with Crippen molar-refractivity contribution in [2.24, 2.45) is 4.99 Å². The van der Waals surface area contributed by atoms with Gasteiger partial charge in [-0.15, -0.1) is 24.0 Å². The third kappa shape index (κ3) is 7.36. The van der Waals surface area contributed by atoms with Gasteiger partial charge in [0.25, 0.3) is 0 Å². The largest absolute Gasteiger partial charge is 0.357 e. The number of piperidine rings is 1. The number of nitrogens with one attached hydrogen (secondary N) is 2. The number of likely N-dealkylation sites (tertiary alicyclic amines) is 1. The number of thiophene rings is 2. The summed E-state index contributed by atoms with van der Waals surface area (Å²) in [5, 5.41) is 15.9. The normalized spacial score (nSPS) is 17.3. The molecule has 1 aliphatic rings. The van der Waals surface area contributed by atoms with E-state index in [9.17, 15) is 0 Å². The molecule has 0 aromatic carbocycles. The first-order chi connectivity index (χ1) is 12.7. The Balaban J connectivity index is 0.00000261. The van der Waals surface area contributed by atoms with Crippen molar-refractivity contribution in [2.75, 3.05) is 26.2 Å². The van der Waals surface area contributed by atoms with Gasteiger partial charge in [0.2, 0.25) is 0 Å². The zero-order valence-electron chi connectivity index (χ0n) is 16.2. The van der Waals surface area contributed by atoms with Crippen LogP contribution in [0.3, 0.4) is 0 Å². The Kier molecular flexibility index (Phi) is 10.1. The lowest BCUT2D eigenvalue weighted by molar-refractivity contribution is 0.198.